The third kappa shape index (κ3) is 4.53. The number of alkyl halides is 3. The lowest BCUT2D eigenvalue weighted by atomic mass is 9.97. The van der Waals surface area contributed by atoms with Gasteiger partial charge in [0.25, 0.3) is 0 Å². The lowest BCUT2D eigenvalue weighted by molar-refractivity contribution is -0.275. The maximum Gasteiger partial charge on any atom is 0.573 e. The van der Waals surface area contributed by atoms with Gasteiger partial charge in [-0.05, 0) is 63.7 Å². The molecule has 0 amide bonds. The van der Waals surface area contributed by atoms with Crippen LogP contribution in [0.15, 0.2) is 72.8 Å². The predicted molar refractivity (Wildman–Crippen MR) is 111 cm³/mol. The van der Waals surface area contributed by atoms with Crippen LogP contribution in [0.3, 0.4) is 0 Å². The molecule has 4 aromatic rings. The van der Waals surface area contributed by atoms with Gasteiger partial charge in [0.1, 0.15) is 5.82 Å². The van der Waals surface area contributed by atoms with E-state index in [1.807, 2.05) is 24.3 Å². The van der Waals surface area contributed by atoms with Gasteiger partial charge in [0.15, 0.2) is 11.6 Å². The van der Waals surface area contributed by atoms with Crippen LogP contribution >= 0.6 is 0 Å². The van der Waals surface area contributed by atoms with E-state index >= 15 is 0 Å². The van der Waals surface area contributed by atoms with Crippen LogP contribution in [0, 0.1) is 11.6 Å². The van der Waals surface area contributed by atoms with Gasteiger partial charge in [-0.1, -0.05) is 55.5 Å². The van der Waals surface area contributed by atoms with Crippen molar-refractivity contribution in [1.82, 2.24) is 0 Å². The zero-order valence-electron chi connectivity index (χ0n) is 16.4. The highest BCUT2D eigenvalue weighted by Gasteiger charge is 2.32. The number of aryl methyl sites for hydroxylation is 1. The van der Waals surface area contributed by atoms with Crippen molar-refractivity contribution in [3.8, 4) is 28.0 Å². The highest BCUT2D eigenvalue weighted by atomic mass is 19.4. The Hall–Kier alpha value is -3.41. The predicted octanol–water partition coefficient (Wildman–Crippen LogP) is 7.91. The molecule has 0 radical (unpaired) electrons. The van der Waals surface area contributed by atoms with Gasteiger partial charge in [0.05, 0.1) is 0 Å². The summed E-state index contributed by atoms with van der Waals surface area (Å²) in [6.07, 6.45) is -4.07. The van der Waals surface area contributed by atoms with Gasteiger partial charge in [0, 0.05) is 5.56 Å². The van der Waals surface area contributed by atoms with Crippen molar-refractivity contribution in [2.24, 2.45) is 0 Å². The van der Waals surface area contributed by atoms with Gasteiger partial charge in [-0.2, -0.15) is 0 Å². The Balaban J connectivity index is 1.65. The molecule has 0 aliphatic rings. The molecule has 0 bridgehead atoms. The number of benzene rings is 4. The molecule has 0 unspecified atom stereocenters. The van der Waals surface area contributed by atoms with Crippen molar-refractivity contribution in [1.29, 1.82) is 0 Å². The highest BCUT2D eigenvalue weighted by molar-refractivity contribution is 5.88. The lowest BCUT2D eigenvalue weighted by Gasteiger charge is -2.12. The number of rotatable bonds is 4. The summed E-state index contributed by atoms with van der Waals surface area (Å²) >= 11 is 0. The topological polar surface area (TPSA) is 9.23 Å². The summed E-state index contributed by atoms with van der Waals surface area (Å²) < 4.78 is 69.3. The normalized spacial score (nSPS) is 11.7. The van der Waals surface area contributed by atoms with E-state index in [4.69, 9.17) is 0 Å². The maximum absolute atomic E-state index is 14.8. The first-order chi connectivity index (χ1) is 14.7. The third-order valence-electron chi connectivity index (χ3n) is 5.08. The second-order valence-electron chi connectivity index (χ2n) is 7.14. The monoisotopic (exact) mass is 428 g/mol. The first kappa shape index (κ1) is 20.8. The van der Waals surface area contributed by atoms with Gasteiger partial charge in [0.2, 0.25) is 0 Å². The average Bonchev–Trinajstić information content (AvgIpc) is 2.73. The molecule has 4 rings (SSSR count). The molecule has 0 fully saturated rings. The Morgan fingerprint density at radius 1 is 0.677 bits per heavy atom. The van der Waals surface area contributed by atoms with E-state index < -0.39 is 23.7 Å². The molecule has 0 heterocycles. The summed E-state index contributed by atoms with van der Waals surface area (Å²) in [5.41, 5.74) is 2.88. The summed E-state index contributed by atoms with van der Waals surface area (Å²) in [7, 11) is 0. The van der Waals surface area contributed by atoms with Crippen molar-refractivity contribution < 1.29 is 26.7 Å². The van der Waals surface area contributed by atoms with E-state index in [1.165, 1.54) is 23.8 Å². The van der Waals surface area contributed by atoms with E-state index in [-0.39, 0.29) is 11.1 Å². The van der Waals surface area contributed by atoms with E-state index in [0.717, 1.165) is 34.9 Å². The van der Waals surface area contributed by atoms with Crippen molar-refractivity contribution in [3.63, 3.8) is 0 Å². The van der Waals surface area contributed by atoms with Crippen LogP contribution in [-0.4, -0.2) is 6.36 Å². The minimum absolute atomic E-state index is 0.0783. The van der Waals surface area contributed by atoms with Gasteiger partial charge in [-0.15, -0.1) is 13.2 Å². The van der Waals surface area contributed by atoms with Crippen molar-refractivity contribution in [3.05, 3.63) is 90.0 Å². The zero-order chi connectivity index (χ0) is 22.2. The zero-order valence-corrected chi connectivity index (χ0v) is 16.4. The Kier molecular flexibility index (Phi) is 5.39. The van der Waals surface area contributed by atoms with Crippen LogP contribution in [0.5, 0.6) is 5.75 Å². The molecule has 4 aromatic carbocycles. The second kappa shape index (κ2) is 8.02. The fourth-order valence-electron chi connectivity index (χ4n) is 3.50. The number of hydrogen-bond donors (Lipinski definition) is 0. The average molecular weight is 428 g/mol. The number of halogens is 5. The van der Waals surface area contributed by atoms with Crippen LogP contribution in [0.2, 0.25) is 0 Å². The van der Waals surface area contributed by atoms with E-state index in [2.05, 4.69) is 23.8 Å². The molecule has 0 N–H and O–H groups in total. The molecular formula is C25H17F5O. The van der Waals surface area contributed by atoms with Gasteiger partial charge in [-0.3, -0.25) is 0 Å². The van der Waals surface area contributed by atoms with Crippen LogP contribution in [0.25, 0.3) is 33.0 Å². The minimum Gasteiger partial charge on any atom is -0.403 e. The molecule has 0 aliphatic heterocycles. The standard InChI is InChI=1S/C25H17F5O/c1-2-15-3-4-17-12-18(6-5-16(17)11-15)19-7-9-21(22(26)13-19)20-8-10-24(23(27)14-20)31-25(28,29)30/h3-14H,2H2,1H3. The molecule has 0 spiro atoms. The summed E-state index contributed by atoms with van der Waals surface area (Å²) in [6.45, 7) is 2.09. The Morgan fingerprint density at radius 3 is 1.97 bits per heavy atom. The van der Waals surface area contributed by atoms with Crippen LogP contribution in [0.1, 0.15) is 12.5 Å². The van der Waals surface area contributed by atoms with E-state index in [9.17, 15) is 22.0 Å². The van der Waals surface area contributed by atoms with Gasteiger partial charge in [-0.25, -0.2) is 8.78 Å². The third-order valence-corrected chi connectivity index (χ3v) is 5.08. The van der Waals surface area contributed by atoms with Crippen LogP contribution < -0.4 is 4.74 Å². The van der Waals surface area contributed by atoms with Gasteiger partial charge >= 0.3 is 6.36 Å². The first-order valence-corrected chi connectivity index (χ1v) is 9.62. The fourth-order valence-corrected chi connectivity index (χ4v) is 3.50. The molecule has 6 heteroatoms. The van der Waals surface area contributed by atoms with Crippen LogP contribution in [0.4, 0.5) is 22.0 Å². The summed E-state index contributed by atoms with van der Waals surface area (Å²) in [6, 6.07) is 19.4. The molecule has 0 saturated carbocycles. The molecule has 0 aliphatic carbocycles. The summed E-state index contributed by atoms with van der Waals surface area (Å²) in [5, 5.41) is 2.12. The summed E-state index contributed by atoms with van der Waals surface area (Å²) in [4.78, 5) is 0. The van der Waals surface area contributed by atoms with Crippen molar-refractivity contribution in [2.45, 2.75) is 19.7 Å². The lowest BCUT2D eigenvalue weighted by Crippen LogP contribution is -2.17. The number of ether oxygens (including phenoxy) is 1. The largest absolute Gasteiger partial charge is 0.573 e. The quantitative estimate of drug-likeness (QED) is 0.300. The number of fused-ring (bicyclic) bond motifs is 1. The molecular weight excluding hydrogens is 411 g/mol. The fraction of sp³-hybridized carbons (Fsp3) is 0.120. The van der Waals surface area contributed by atoms with Crippen LogP contribution in [-0.2, 0) is 6.42 Å². The van der Waals surface area contributed by atoms with E-state index in [1.54, 1.807) is 6.07 Å². The van der Waals surface area contributed by atoms with Crippen molar-refractivity contribution >= 4 is 10.8 Å². The Bertz CT molecular complexity index is 1260. The molecule has 0 aromatic heterocycles. The molecule has 0 saturated heterocycles. The first-order valence-electron chi connectivity index (χ1n) is 9.62. The smallest absolute Gasteiger partial charge is 0.403 e. The molecule has 1 nitrogen and oxygen atoms in total. The minimum atomic E-state index is -5.01. The highest BCUT2D eigenvalue weighted by Crippen LogP contribution is 2.33. The molecule has 0 atom stereocenters. The molecule has 158 valence electrons. The van der Waals surface area contributed by atoms with Crippen molar-refractivity contribution in [2.75, 3.05) is 0 Å². The number of hydrogen-bond acceptors (Lipinski definition) is 1. The SMILES string of the molecule is CCc1ccc2cc(-c3ccc(-c4ccc(OC(F)(F)F)c(F)c4)c(F)c3)ccc2c1. The maximum atomic E-state index is 14.8. The summed E-state index contributed by atoms with van der Waals surface area (Å²) in [5.74, 6) is -2.79. The Morgan fingerprint density at radius 2 is 1.29 bits per heavy atom. The second-order valence-corrected chi connectivity index (χ2v) is 7.14. The van der Waals surface area contributed by atoms with E-state index in [0.29, 0.717) is 5.56 Å². The molecule has 31 heavy (non-hydrogen) atoms. The van der Waals surface area contributed by atoms with Gasteiger partial charge < -0.3 is 4.74 Å². The Labute approximate surface area is 175 Å².